The van der Waals surface area contributed by atoms with E-state index in [0.717, 1.165) is 30.6 Å². The van der Waals surface area contributed by atoms with E-state index in [9.17, 15) is 4.79 Å². The molecule has 2 unspecified atom stereocenters. The lowest BCUT2D eigenvalue weighted by atomic mass is 9.43. The number of hydrogen-bond acceptors (Lipinski definition) is 1. The highest BCUT2D eigenvalue weighted by Crippen LogP contribution is 2.65. The van der Waals surface area contributed by atoms with Crippen molar-refractivity contribution in [1.82, 2.24) is 0 Å². The Morgan fingerprint density at radius 1 is 1.16 bits per heavy atom. The lowest BCUT2D eigenvalue weighted by Crippen LogP contribution is -2.53. The molecule has 19 heavy (non-hydrogen) atoms. The summed E-state index contributed by atoms with van der Waals surface area (Å²) in [7, 11) is 0. The number of carbonyl (C=O) groups excluding carboxylic acids is 1. The van der Waals surface area contributed by atoms with Crippen LogP contribution in [0.15, 0.2) is 0 Å². The molecular formula is C18H30O. The summed E-state index contributed by atoms with van der Waals surface area (Å²) in [6.45, 7) is 6.98. The van der Waals surface area contributed by atoms with E-state index in [4.69, 9.17) is 0 Å². The summed E-state index contributed by atoms with van der Waals surface area (Å²) in [4.78, 5) is 12.8. The van der Waals surface area contributed by atoms with Crippen LogP contribution in [0.2, 0.25) is 0 Å². The zero-order valence-corrected chi connectivity index (χ0v) is 13.0. The third kappa shape index (κ3) is 2.50. The molecule has 0 N–H and O–H groups in total. The van der Waals surface area contributed by atoms with E-state index in [1.54, 1.807) is 0 Å². The molecule has 0 aliphatic heterocycles. The molecule has 2 atom stereocenters. The molecule has 4 bridgehead atoms. The first-order valence-corrected chi connectivity index (χ1v) is 8.44. The minimum atomic E-state index is 0.121. The standard InChI is InChI=1S/C18H30O/c1-13(2)5-4-6-16(19)18-10-14-7-15(11-18)9-17(3,8-14)12-18/h13-15H,4-12H2,1-3H3. The second-order valence-electron chi connectivity index (χ2n) is 8.76. The van der Waals surface area contributed by atoms with Crippen LogP contribution in [0.3, 0.4) is 0 Å². The molecule has 0 amide bonds. The van der Waals surface area contributed by atoms with Crippen molar-refractivity contribution >= 4 is 5.78 Å². The van der Waals surface area contributed by atoms with Gasteiger partial charge in [-0.15, -0.1) is 0 Å². The van der Waals surface area contributed by atoms with Crippen molar-refractivity contribution in [3.8, 4) is 0 Å². The van der Waals surface area contributed by atoms with Crippen molar-refractivity contribution in [2.75, 3.05) is 0 Å². The van der Waals surface area contributed by atoms with Crippen LogP contribution in [0.4, 0.5) is 0 Å². The average molecular weight is 262 g/mol. The number of rotatable bonds is 5. The fourth-order valence-electron chi connectivity index (χ4n) is 5.98. The number of Topliss-reactive ketones (excluding diaryl/α,β-unsaturated/α-hetero) is 1. The van der Waals surface area contributed by atoms with Gasteiger partial charge in [0.2, 0.25) is 0 Å². The van der Waals surface area contributed by atoms with Gasteiger partial charge < -0.3 is 0 Å². The van der Waals surface area contributed by atoms with Gasteiger partial charge in [-0.2, -0.15) is 0 Å². The van der Waals surface area contributed by atoms with Crippen LogP contribution in [-0.2, 0) is 4.79 Å². The summed E-state index contributed by atoms with van der Waals surface area (Å²) in [6, 6.07) is 0. The van der Waals surface area contributed by atoms with Gasteiger partial charge in [-0.3, -0.25) is 4.79 Å². The van der Waals surface area contributed by atoms with Crippen molar-refractivity contribution in [2.24, 2.45) is 28.6 Å². The SMILES string of the molecule is CC(C)CCCC(=O)C12CC3CC(CC(C)(C3)C1)C2. The lowest BCUT2D eigenvalue weighted by Gasteiger charge is -2.60. The van der Waals surface area contributed by atoms with E-state index in [0.29, 0.717) is 11.2 Å². The fraction of sp³-hybridized carbons (Fsp3) is 0.944. The molecule has 4 saturated carbocycles. The van der Waals surface area contributed by atoms with Gasteiger partial charge in [0.25, 0.3) is 0 Å². The number of ketones is 1. The van der Waals surface area contributed by atoms with E-state index in [1.807, 2.05) is 0 Å². The van der Waals surface area contributed by atoms with E-state index in [-0.39, 0.29) is 5.41 Å². The summed E-state index contributed by atoms with van der Waals surface area (Å²) < 4.78 is 0. The first-order valence-electron chi connectivity index (χ1n) is 8.44. The van der Waals surface area contributed by atoms with E-state index >= 15 is 0 Å². The second kappa shape index (κ2) is 4.60. The largest absolute Gasteiger partial charge is 0.299 e. The summed E-state index contributed by atoms with van der Waals surface area (Å²) in [5.41, 5.74) is 0.633. The van der Waals surface area contributed by atoms with Crippen LogP contribution >= 0.6 is 0 Å². The first-order chi connectivity index (χ1) is 8.91. The molecular weight excluding hydrogens is 232 g/mol. The van der Waals surface area contributed by atoms with Crippen molar-refractivity contribution in [3.05, 3.63) is 0 Å². The highest BCUT2D eigenvalue weighted by Gasteiger charge is 2.58. The predicted octanol–water partition coefficient (Wildman–Crippen LogP) is 4.99. The first kappa shape index (κ1) is 13.6. The van der Waals surface area contributed by atoms with Crippen LogP contribution in [-0.4, -0.2) is 5.78 Å². The molecule has 0 radical (unpaired) electrons. The molecule has 0 spiro atoms. The molecule has 0 aromatic carbocycles. The molecule has 0 saturated heterocycles. The molecule has 4 rings (SSSR count). The van der Waals surface area contributed by atoms with Gasteiger partial charge in [0.05, 0.1) is 0 Å². The molecule has 0 aromatic rings. The van der Waals surface area contributed by atoms with Gasteiger partial charge >= 0.3 is 0 Å². The van der Waals surface area contributed by atoms with Crippen molar-refractivity contribution < 1.29 is 4.79 Å². The molecule has 4 aliphatic rings. The normalized spacial score (nSPS) is 44.0. The zero-order valence-electron chi connectivity index (χ0n) is 13.0. The molecule has 4 fully saturated rings. The Hall–Kier alpha value is -0.330. The molecule has 0 heterocycles. The van der Waals surface area contributed by atoms with Gasteiger partial charge in [-0.1, -0.05) is 27.2 Å². The molecule has 0 aromatic heterocycles. The Bertz CT molecular complexity index is 354. The van der Waals surface area contributed by atoms with E-state index in [2.05, 4.69) is 20.8 Å². The van der Waals surface area contributed by atoms with Crippen LogP contribution in [0.1, 0.15) is 78.6 Å². The molecule has 1 heteroatoms. The molecule has 4 aliphatic carbocycles. The maximum absolute atomic E-state index is 12.8. The average Bonchev–Trinajstić information content (AvgIpc) is 2.24. The highest BCUT2D eigenvalue weighted by molar-refractivity contribution is 5.85. The van der Waals surface area contributed by atoms with Crippen LogP contribution < -0.4 is 0 Å². The van der Waals surface area contributed by atoms with Crippen molar-refractivity contribution in [2.45, 2.75) is 78.6 Å². The van der Waals surface area contributed by atoms with Crippen LogP contribution in [0, 0.1) is 28.6 Å². The minimum absolute atomic E-state index is 0.121. The van der Waals surface area contributed by atoms with Gasteiger partial charge in [-0.05, 0) is 68.1 Å². The topological polar surface area (TPSA) is 17.1 Å². The Morgan fingerprint density at radius 2 is 1.79 bits per heavy atom. The van der Waals surface area contributed by atoms with Crippen molar-refractivity contribution in [1.29, 1.82) is 0 Å². The summed E-state index contributed by atoms with van der Waals surface area (Å²) >= 11 is 0. The third-order valence-electron chi connectivity index (χ3n) is 6.13. The minimum Gasteiger partial charge on any atom is -0.299 e. The van der Waals surface area contributed by atoms with Crippen molar-refractivity contribution in [3.63, 3.8) is 0 Å². The second-order valence-corrected chi connectivity index (χ2v) is 8.76. The highest BCUT2D eigenvalue weighted by atomic mass is 16.1. The number of hydrogen-bond donors (Lipinski definition) is 0. The van der Waals surface area contributed by atoms with E-state index < -0.39 is 0 Å². The zero-order chi connectivity index (χ0) is 13.7. The lowest BCUT2D eigenvalue weighted by molar-refractivity contribution is -0.153. The monoisotopic (exact) mass is 262 g/mol. The summed E-state index contributed by atoms with van der Waals surface area (Å²) in [6.07, 6.45) is 11.1. The van der Waals surface area contributed by atoms with Gasteiger partial charge in [0.15, 0.2) is 0 Å². The number of carbonyl (C=O) groups is 1. The third-order valence-corrected chi connectivity index (χ3v) is 6.13. The maximum Gasteiger partial charge on any atom is 0.139 e. The van der Waals surface area contributed by atoms with Gasteiger partial charge in [-0.25, -0.2) is 0 Å². The Balaban J connectivity index is 1.68. The molecule has 108 valence electrons. The Labute approximate surface area is 118 Å². The fourth-order valence-corrected chi connectivity index (χ4v) is 5.98. The Kier molecular flexibility index (Phi) is 3.30. The van der Waals surface area contributed by atoms with Gasteiger partial charge in [0, 0.05) is 11.8 Å². The van der Waals surface area contributed by atoms with Gasteiger partial charge in [0.1, 0.15) is 5.78 Å². The Morgan fingerprint density at radius 3 is 2.32 bits per heavy atom. The van der Waals surface area contributed by atoms with Crippen LogP contribution in [0.5, 0.6) is 0 Å². The predicted molar refractivity (Wildman–Crippen MR) is 78.9 cm³/mol. The summed E-state index contributed by atoms with van der Waals surface area (Å²) in [5, 5.41) is 0. The molecule has 1 nitrogen and oxygen atoms in total. The quantitative estimate of drug-likeness (QED) is 0.682. The van der Waals surface area contributed by atoms with Crippen LogP contribution in [0.25, 0.3) is 0 Å². The van der Waals surface area contributed by atoms with E-state index in [1.165, 1.54) is 44.9 Å². The summed E-state index contributed by atoms with van der Waals surface area (Å²) in [5.74, 6) is 3.12. The maximum atomic E-state index is 12.8. The smallest absolute Gasteiger partial charge is 0.139 e.